The van der Waals surface area contributed by atoms with Crippen molar-refractivity contribution < 1.29 is 9.50 Å². The minimum atomic E-state index is -0.433. The molecule has 0 saturated heterocycles. The van der Waals surface area contributed by atoms with Gasteiger partial charge in [0.25, 0.3) is 0 Å². The standard InChI is InChI=1S/C18H22FNO/c1-11-5-6-13(19)8-15(11)20-12(2)7-14-16(20)9-18(3,4)10-17(14)21/h5-8,17,21H,9-10H2,1-4H3. The van der Waals surface area contributed by atoms with Crippen LogP contribution in [0.3, 0.4) is 0 Å². The summed E-state index contributed by atoms with van der Waals surface area (Å²) in [5.41, 5.74) is 5.12. The Morgan fingerprint density at radius 2 is 1.95 bits per heavy atom. The lowest BCUT2D eigenvalue weighted by atomic mass is 9.75. The molecule has 0 radical (unpaired) electrons. The van der Waals surface area contributed by atoms with Gasteiger partial charge in [0, 0.05) is 17.0 Å². The fourth-order valence-electron chi connectivity index (χ4n) is 3.50. The van der Waals surface area contributed by atoms with E-state index in [9.17, 15) is 9.50 Å². The maximum Gasteiger partial charge on any atom is 0.125 e. The number of aryl methyl sites for hydroxylation is 2. The van der Waals surface area contributed by atoms with E-state index in [1.807, 2.05) is 19.9 Å². The summed E-state index contributed by atoms with van der Waals surface area (Å²) in [4.78, 5) is 0. The average Bonchev–Trinajstić information content (AvgIpc) is 2.68. The number of hydrogen-bond acceptors (Lipinski definition) is 1. The third-order valence-electron chi connectivity index (χ3n) is 4.48. The molecule has 0 fully saturated rings. The highest BCUT2D eigenvalue weighted by atomic mass is 19.1. The highest BCUT2D eigenvalue weighted by Gasteiger charge is 2.34. The van der Waals surface area contributed by atoms with Gasteiger partial charge >= 0.3 is 0 Å². The molecular weight excluding hydrogens is 265 g/mol. The topological polar surface area (TPSA) is 25.2 Å². The van der Waals surface area contributed by atoms with E-state index >= 15 is 0 Å². The lowest BCUT2D eigenvalue weighted by molar-refractivity contribution is 0.0987. The first-order valence-corrected chi connectivity index (χ1v) is 7.44. The Morgan fingerprint density at radius 1 is 1.24 bits per heavy atom. The number of nitrogens with zero attached hydrogens (tertiary/aromatic N) is 1. The highest BCUT2D eigenvalue weighted by molar-refractivity contribution is 5.48. The summed E-state index contributed by atoms with van der Waals surface area (Å²) in [6.45, 7) is 8.35. The highest BCUT2D eigenvalue weighted by Crippen LogP contribution is 2.43. The Balaban J connectivity index is 2.23. The molecule has 21 heavy (non-hydrogen) atoms. The van der Waals surface area contributed by atoms with Gasteiger partial charge in [-0.25, -0.2) is 4.39 Å². The summed E-state index contributed by atoms with van der Waals surface area (Å²) in [5.74, 6) is -0.229. The fourth-order valence-corrected chi connectivity index (χ4v) is 3.50. The van der Waals surface area contributed by atoms with Crippen molar-refractivity contribution in [3.8, 4) is 5.69 Å². The maximum absolute atomic E-state index is 13.7. The van der Waals surface area contributed by atoms with Gasteiger partial charge < -0.3 is 9.67 Å². The van der Waals surface area contributed by atoms with Gasteiger partial charge in [0.1, 0.15) is 5.82 Å². The van der Waals surface area contributed by atoms with Gasteiger partial charge in [-0.2, -0.15) is 0 Å². The van der Waals surface area contributed by atoms with Gasteiger partial charge in [-0.05, 0) is 55.9 Å². The molecule has 3 heteroatoms. The van der Waals surface area contributed by atoms with Crippen molar-refractivity contribution in [2.45, 2.75) is 46.6 Å². The third-order valence-corrected chi connectivity index (χ3v) is 4.48. The van der Waals surface area contributed by atoms with E-state index in [0.29, 0.717) is 0 Å². The second kappa shape index (κ2) is 4.70. The van der Waals surface area contributed by atoms with Gasteiger partial charge in [-0.1, -0.05) is 19.9 Å². The van der Waals surface area contributed by atoms with E-state index in [4.69, 9.17) is 0 Å². The smallest absolute Gasteiger partial charge is 0.125 e. The van der Waals surface area contributed by atoms with E-state index in [2.05, 4.69) is 18.4 Å². The molecule has 0 bridgehead atoms. The predicted molar refractivity (Wildman–Crippen MR) is 82.3 cm³/mol. The number of benzene rings is 1. The van der Waals surface area contributed by atoms with Gasteiger partial charge in [0.15, 0.2) is 0 Å². The summed E-state index contributed by atoms with van der Waals surface area (Å²) >= 11 is 0. The van der Waals surface area contributed by atoms with Crippen molar-refractivity contribution in [1.82, 2.24) is 4.57 Å². The summed E-state index contributed by atoms with van der Waals surface area (Å²) < 4.78 is 15.8. The summed E-state index contributed by atoms with van der Waals surface area (Å²) in [6, 6.07) is 6.92. The zero-order valence-electron chi connectivity index (χ0n) is 13.1. The van der Waals surface area contributed by atoms with Crippen LogP contribution in [0.15, 0.2) is 24.3 Å². The Morgan fingerprint density at radius 3 is 2.67 bits per heavy atom. The van der Waals surface area contributed by atoms with Gasteiger partial charge in [0.05, 0.1) is 11.8 Å². The molecule has 1 atom stereocenters. The van der Waals surface area contributed by atoms with Crippen molar-refractivity contribution in [2.24, 2.45) is 5.41 Å². The summed E-state index contributed by atoms with van der Waals surface area (Å²) in [5, 5.41) is 10.4. The molecule has 0 spiro atoms. The molecule has 2 aromatic rings. The van der Waals surface area contributed by atoms with Gasteiger partial charge in [0.2, 0.25) is 0 Å². The second-order valence-electron chi connectivity index (χ2n) is 7.01. The summed E-state index contributed by atoms with van der Waals surface area (Å²) in [6.07, 6.45) is 1.23. The zero-order chi connectivity index (χ0) is 15.4. The van der Waals surface area contributed by atoms with Crippen molar-refractivity contribution in [3.05, 3.63) is 52.6 Å². The van der Waals surface area contributed by atoms with E-state index < -0.39 is 6.10 Å². The van der Waals surface area contributed by atoms with Crippen LogP contribution in [0.4, 0.5) is 4.39 Å². The molecule has 1 N–H and O–H groups in total. The normalized spacial score (nSPS) is 20.4. The first-order chi connectivity index (χ1) is 9.78. The number of aliphatic hydroxyl groups excluding tert-OH is 1. The Hall–Kier alpha value is -1.61. The molecule has 0 amide bonds. The molecule has 1 aromatic heterocycles. The van der Waals surface area contributed by atoms with Crippen LogP contribution in [0.1, 0.15) is 48.9 Å². The number of fused-ring (bicyclic) bond motifs is 1. The average molecular weight is 287 g/mol. The van der Waals surface area contributed by atoms with Crippen molar-refractivity contribution in [2.75, 3.05) is 0 Å². The van der Waals surface area contributed by atoms with Crippen molar-refractivity contribution in [3.63, 3.8) is 0 Å². The van der Waals surface area contributed by atoms with Crippen LogP contribution in [0.5, 0.6) is 0 Å². The van der Waals surface area contributed by atoms with E-state index in [1.54, 1.807) is 12.1 Å². The monoisotopic (exact) mass is 287 g/mol. The Bertz CT molecular complexity index is 699. The van der Waals surface area contributed by atoms with E-state index in [1.165, 1.54) is 6.07 Å². The minimum Gasteiger partial charge on any atom is -0.388 e. The molecule has 1 unspecified atom stereocenters. The SMILES string of the molecule is Cc1ccc(F)cc1-n1c(C)cc2c1CC(C)(C)CC2O. The van der Waals surface area contributed by atoms with Crippen LogP contribution >= 0.6 is 0 Å². The zero-order valence-corrected chi connectivity index (χ0v) is 13.1. The number of aliphatic hydroxyl groups is 1. The Kier molecular flexibility index (Phi) is 3.21. The quantitative estimate of drug-likeness (QED) is 0.834. The molecule has 0 saturated carbocycles. The number of halogens is 1. The van der Waals surface area contributed by atoms with Crippen LogP contribution in [0.2, 0.25) is 0 Å². The number of hydrogen-bond donors (Lipinski definition) is 1. The molecular formula is C18H22FNO. The van der Waals surface area contributed by atoms with Crippen molar-refractivity contribution >= 4 is 0 Å². The van der Waals surface area contributed by atoms with Crippen LogP contribution in [0.25, 0.3) is 5.69 Å². The lowest BCUT2D eigenvalue weighted by Crippen LogP contribution is -2.26. The maximum atomic E-state index is 13.7. The van der Waals surface area contributed by atoms with Crippen LogP contribution in [0, 0.1) is 25.1 Å². The molecule has 3 rings (SSSR count). The molecule has 1 aliphatic rings. The molecule has 1 heterocycles. The fraction of sp³-hybridized carbons (Fsp3) is 0.444. The van der Waals surface area contributed by atoms with Gasteiger partial charge in [-0.15, -0.1) is 0 Å². The van der Waals surface area contributed by atoms with E-state index in [0.717, 1.165) is 41.0 Å². The lowest BCUT2D eigenvalue weighted by Gasteiger charge is -2.34. The molecule has 2 nitrogen and oxygen atoms in total. The first kappa shape index (κ1) is 14.3. The predicted octanol–water partition coefficient (Wildman–Crippen LogP) is 4.24. The first-order valence-electron chi connectivity index (χ1n) is 7.44. The minimum absolute atomic E-state index is 0.0518. The number of rotatable bonds is 1. The Labute approximate surface area is 125 Å². The largest absolute Gasteiger partial charge is 0.388 e. The molecule has 1 aliphatic carbocycles. The molecule has 112 valence electrons. The van der Waals surface area contributed by atoms with E-state index in [-0.39, 0.29) is 11.2 Å². The van der Waals surface area contributed by atoms with Crippen molar-refractivity contribution in [1.29, 1.82) is 0 Å². The summed E-state index contributed by atoms with van der Waals surface area (Å²) in [7, 11) is 0. The molecule has 0 aliphatic heterocycles. The second-order valence-corrected chi connectivity index (χ2v) is 7.01. The van der Waals surface area contributed by atoms with Crippen LogP contribution in [-0.4, -0.2) is 9.67 Å². The third kappa shape index (κ3) is 2.40. The van der Waals surface area contributed by atoms with Gasteiger partial charge in [-0.3, -0.25) is 0 Å². The van der Waals surface area contributed by atoms with Crippen LogP contribution in [-0.2, 0) is 6.42 Å². The number of aromatic nitrogens is 1. The van der Waals surface area contributed by atoms with Crippen LogP contribution < -0.4 is 0 Å². The molecule has 1 aromatic carbocycles.